The van der Waals surface area contributed by atoms with Crippen molar-refractivity contribution < 1.29 is 9.59 Å². The maximum atomic E-state index is 12.0. The maximum absolute atomic E-state index is 12.0. The summed E-state index contributed by atoms with van der Waals surface area (Å²) in [4.78, 5) is 26.8. The van der Waals surface area contributed by atoms with Gasteiger partial charge in [0.25, 0.3) is 11.8 Å². The number of aromatic nitrogens is 1. The van der Waals surface area contributed by atoms with Crippen LogP contribution >= 0.6 is 15.9 Å². The molecule has 0 atom stereocenters. The lowest BCUT2D eigenvalue weighted by Crippen LogP contribution is -2.16. The second-order valence-corrected chi connectivity index (χ2v) is 5.09. The molecule has 6 heteroatoms. The van der Waals surface area contributed by atoms with Gasteiger partial charge in [-0.1, -0.05) is 6.07 Å². The van der Waals surface area contributed by atoms with Gasteiger partial charge in [-0.3, -0.25) is 14.6 Å². The van der Waals surface area contributed by atoms with E-state index in [0.717, 1.165) is 10.0 Å². The van der Waals surface area contributed by atoms with Gasteiger partial charge in [0.2, 0.25) is 0 Å². The Morgan fingerprint density at radius 3 is 2.55 bits per heavy atom. The molecule has 0 saturated carbocycles. The second-order valence-electron chi connectivity index (χ2n) is 4.23. The fraction of sp³-hybridized carbons (Fsp3) is 0.0714. The lowest BCUT2D eigenvalue weighted by atomic mass is 10.2. The molecule has 2 amide bonds. The number of nitrogens with two attached hydrogens (primary N) is 1. The van der Waals surface area contributed by atoms with Crippen molar-refractivity contribution in [1.29, 1.82) is 0 Å². The smallest absolute Gasteiger partial charge is 0.267 e. The Bertz CT molecular complexity index is 669. The molecule has 2 aromatic rings. The van der Waals surface area contributed by atoms with Gasteiger partial charge in [-0.05, 0) is 52.7 Å². The Labute approximate surface area is 124 Å². The van der Waals surface area contributed by atoms with Crippen molar-refractivity contribution in [3.05, 3.63) is 57.8 Å². The van der Waals surface area contributed by atoms with Crippen molar-refractivity contribution in [3.63, 3.8) is 0 Å². The van der Waals surface area contributed by atoms with Gasteiger partial charge in [0.1, 0.15) is 5.69 Å². The molecular formula is C14H12BrN3O2. The average Bonchev–Trinajstić information content (AvgIpc) is 2.42. The molecule has 5 nitrogen and oxygen atoms in total. The van der Waals surface area contributed by atoms with Gasteiger partial charge in [0.15, 0.2) is 0 Å². The standard InChI is InChI=1S/C14H12BrN3O2/c1-8-2-4-11(10(15)6-8)18-14(20)9-3-5-12(13(16)19)17-7-9/h2-7H,1H3,(H2,16,19)(H,18,20). The summed E-state index contributed by atoms with van der Waals surface area (Å²) in [6.07, 6.45) is 1.32. The molecule has 1 heterocycles. The molecule has 0 fully saturated rings. The molecule has 0 saturated heterocycles. The first kappa shape index (κ1) is 14.2. The summed E-state index contributed by atoms with van der Waals surface area (Å²) in [5.41, 5.74) is 7.31. The number of halogens is 1. The number of amides is 2. The van der Waals surface area contributed by atoms with E-state index in [1.807, 2.05) is 25.1 Å². The van der Waals surface area contributed by atoms with E-state index in [4.69, 9.17) is 5.73 Å². The van der Waals surface area contributed by atoms with Gasteiger partial charge >= 0.3 is 0 Å². The highest BCUT2D eigenvalue weighted by molar-refractivity contribution is 9.10. The van der Waals surface area contributed by atoms with Gasteiger partial charge in [-0.15, -0.1) is 0 Å². The molecule has 0 bridgehead atoms. The molecule has 2 rings (SSSR count). The molecule has 0 radical (unpaired) electrons. The van der Waals surface area contributed by atoms with Crippen LogP contribution in [0.15, 0.2) is 41.0 Å². The summed E-state index contributed by atoms with van der Waals surface area (Å²) < 4.78 is 0.799. The highest BCUT2D eigenvalue weighted by Gasteiger charge is 2.10. The fourth-order valence-electron chi connectivity index (χ4n) is 1.59. The van der Waals surface area contributed by atoms with Crippen LogP contribution in [0.5, 0.6) is 0 Å². The summed E-state index contributed by atoms with van der Waals surface area (Å²) in [6, 6.07) is 8.54. The molecule has 1 aromatic carbocycles. The largest absolute Gasteiger partial charge is 0.364 e. The van der Waals surface area contributed by atoms with Crippen LogP contribution in [0.25, 0.3) is 0 Å². The lowest BCUT2D eigenvalue weighted by Gasteiger charge is -2.08. The van der Waals surface area contributed by atoms with Crippen LogP contribution in [-0.4, -0.2) is 16.8 Å². The van der Waals surface area contributed by atoms with Crippen LogP contribution in [0.1, 0.15) is 26.4 Å². The lowest BCUT2D eigenvalue weighted by molar-refractivity contribution is 0.0990. The van der Waals surface area contributed by atoms with Crippen molar-refractivity contribution in [1.82, 2.24) is 4.98 Å². The minimum atomic E-state index is -0.627. The molecule has 3 N–H and O–H groups in total. The van der Waals surface area contributed by atoms with Crippen LogP contribution < -0.4 is 11.1 Å². The van der Waals surface area contributed by atoms with E-state index in [0.29, 0.717) is 11.3 Å². The molecule has 0 aliphatic carbocycles. The van der Waals surface area contributed by atoms with Crippen LogP contribution in [0.4, 0.5) is 5.69 Å². The first-order chi connectivity index (χ1) is 9.47. The third-order valence-corrected chi connectivity index (χ3v) is 3.31. The summed E-state index contributed by atoms with van der Waals surface area (Å²) in [7, 11) is 0. The SMILES string of the molecule is Cc1ccc(NC(=O)c2ccc(C(N)=O)nc2)c(Br)c1. The highest BCUT2D eigenvalue weighted by Crippen LogP contribution is 2.23. The molecule has 0 unspecified atom stereocenters. The number of pyridine rings is 1. The predicted octanol–water partition coefficient (Wildman–Crippen LogP) is 2.50. The monoisotopic (exact) mass is 333 g/mol. The second kappa shape index (κ2) is 5.83. The quantitative estimate of drug-likeness (QED) is 0.904. The Morgan fingerprint density at radius 2 is 2.00 bits per heavy atom. The van der Waals surface area contributed by atoms with Crippen molar-refractivity contribution in [2.45, 2.75) is 6.92 Å². The summed E-state index contributed by atoms with van der Waals surface area (Å²) in [5, 5.41) is 2.76. The van der Waals surface area contributed by atoms with Gasteiger partial charge in [-0.25, -0.2) is 0 Å². The fourth-order valence-corrected chi connectivity index (χ4v) is 2.18. The number of rotatable bonds is 3. The van der Waals surface area contributed by atoms with E-state index in [1.165, 1.54) is 18.3 Å². The van der Waals surface area contributed by atoms with E-state index < -0.39 is 5.91 Å². The zero-order chi connectivity index (χ0) is 14.7. The number of nitrogens with zero attached hydrogens (tertiary/aromatic N) is 1. The van der Waals surface area contributed by atoms with Crippen LogP contribution in [0, 0.1) is 6.92 Å². The number of benzene rings is 1. The Balaban J connectivity index is 2.17. The Hall–Kier alpha value is -2.21. The summed E-state index contributed by atoms with van der Waals surface area (Å²) in [6.45, 7) is 1.96. The molecule has 0 spiro atoms. The zero-order valence-electron chi connectivity index (χ0n) is 10.7. The number of anilines is 1. The van der Waals surface area contributed by atoms with Crippen LogP contribution in [-0.2, 0) is 0 Å². The predicted molar refractivity (Wildman–Crippen MR) is 79.6 cm³/mol. The minimum Gasteiger partial charge on any atom is -0.364 e. The number of primary amides is 1. The average molecular weight is 334 g/mol. The van der Waals surface area contributed by atoms with E-state index in [2.05, 4.69) is 26.2 Å². The maximum Gasteiger partial charge on any atom is 0.267 e. The minimum absolute atomic E-state index is 0.123. The summed E-state index contributed by atoms with van der Waals surface area (Å²) in [5.74, 6) is -0.934. The van der Waals surface area contributed by atoms with Gasteiger partial charge in [-0.2, -0.15) is 0 Å². The van der Waals surface area contributed by atoms with Crippen LogP contribution in [0.2, 0.25) is 0 Å². The molecule has 1 aromatic heterocycles. The van der Waals surface area contributed by atoms with E-state index in [9.17, 15) is 9.59 Å². The number of carbonyl (C=O) groups excluding carboxylic acids is 2. The highest BCUT2D eigenvalue weighted by atomic mass is 79.9. The van der Waals surface area contributed by atoms with Crippen molar-refractivity contribution in [3.8, 4) is 0 Å². The first-order valence-electron chi connectivity index (χ1n) is 5.81. The van der Waals surface area contributed by atoms with Crippen molar-refractivity contribution in [2.24, 2.45) is 5.73 Å². The van der Waals surface area contributed by atoms with Crippen LogP contribution in [0.3, 0.4) is 0 Å². The van der Waals surface area contributed by atoms with Gasteiger partial charge in [0.05, 0.1) is 11.3 Å². The van der Waals surface area contributed by atoms with E-state index in [1.54, 1.807) is 0 Å². The summed E-state index contributed by atoms with van der Waals surface area (Å²) >= 11 is 3.39. The number of carbonyl (C=O) groups is 2. The van der Waals surface area contributed by atoms with E-state index >= 15 is 0 Å². The number of hydrogen-bond acceptors (Lipinski definition) is 3. The zero-order valence-corrected chi connectivity index (χ0v) is 12.3. The Morgan fingerprint density at radius 1 is 1.25 bits per heavy atom. The third-order valence-electron chi connectivity index (χ3n) is 2.65. The molecule has 0 aliphatic rings. The Kier molecular flexibility index (Phi) is 4.14. The topological polar surface area (TPSA) is 85.1 Å². The third kappa shape index (κ3) is 3.21. The molecule has 20 heavy (non-hydrogen) atoms. The number of aryl methyl sites for hydroxylation is 1. The normalized spacial score (nSPS) is 10.1. The van der Waals surface area contributed by atoms with Gasteiger partial charge < -0.3 is 11.1 Å². The number of hydrogen-bond donors (Lipinski definition) is 2. The number of nitrogens with one attached hydrogen (secondary N) is 1. The molecule has 102 valence electrons. The molecule has 0 aliphatic heterocycles. The van der Waals surface area contributed by atoms with Gasteiger partial charge in [0, 0.05) is 10.7 Å². The van der Waals surface area contributed by atoms with Crippen molar-refractivity contribution in [2.75, 3.05) is 5.32 Å². The first-order valence-corrected chi connectivity index (χ1v) is 6.60. The molecular weight excluding hydrogens is 322 g/mol. The van der Waals surface area contributed by atoms with E-state index in [-0.39, 0.29) is 11.6 Å². The van der Waals surface area contributed by atoms with Crippen molar-refractivity contribution >= 4 is 33.4 Å².